The maximum atomic E-state index is 11.8. The summed E-state index contributed by atoms with van der Waals surface area (Å²) in [6.07, 6.45) is 0. The lowest BCUT2D eigenvalue weighted by molar-refractivity contribution is 0.570. The summed E-state index contributed by atoms with van der Waals surface area (Å²) >= 11 is 0. The minimum Gasteiger partial charge on any atom is -0.209 e. The zero-order valence-corrected chi connectivity index (χ0v) is 10.4. The van der Waals surface area contributed by atoms with E-state index in [1.807, 2.05) is 19.9 Å². The number of nitrogens with one attached hydrogen (secondary N) is 1. The van der Waals surface area contributed by atoms with Gasteiger partial charge in [-0.15, -0.1) is 0 Å². The van der Waals surface area contributed by atoms with Crippen LogP contribution in [0.4, 0.5) is 0 Å². The number of rotatable bonds is 3. The largest absolute Gasteiger partial charge is 0.240 e. The first-order valence-corrected chi connectivity index (χ1v) is 6.41. The van der Waals surface area contributed by atoms with Crippen LogP contribution in [0.25, 0.3) is 0 Å². The van der Waals surface area contributed by atoms with Crippen molar-refractivity contribution in [1.29, 1.82) is 0 Å². The second-order valence-electron chi connectivity index (χ2n) is 4.02. The van der Waals surface area contributed by atoms with Crippen LogP contribution in [0, 0.1) is 13.8 Å². The van der Waals surface area contributed by atoms with E-state index in [1.54, 1.807) is 26.0 Å². The Kier molecular flexibility index (Phi) is 3.52. The molecule has 1 aromatic rings. The smallest absolute Gasteiger partial charge is 0.209 e. The Bertz CT molecular complexity index is 450. The molecule has 84 valence electrons. The van der Waals surface area contributed by atoms with Gasteiger partial charge >= 0.3 is 0 Å². The van der Waals surface area contributed by atoms with Crippen molar-refractivity contribution < 1.29 is 8.42 Å². The standard InChI is InChI=1S/C11H17NO2S/c1-8(2)12-15(13,14)11-6-5-9(3)10(4)7-11/h5-8,12H,1-4H3. The molecule has 0 heterocycles. The first-order valence-electron chi connectivity index (χ1n) is 4.92. The van der Waals surface area contributed by atoms with E-state index >= 15 is 0 Å². The summed E-state index contributed by atoms with van der Waals surface area (Å²) in [6, 6.07) is 5.06. The highest BCUT2D eigenvalue weighted by Gasteiger charge is 2.15. The van der Waals surface area contributed by atoms with Crippen molar-refractivity contribution in [3.63, 3.8) is 0 Å². The van der Waals surface area contributed by atoms with Gasteiger partial charge < -0.3 is 0 Å². The third-order valence-electron chi connectivity index (χ3n) is 2.18. The van der Waals surface area contributed by atoms with Crippen LogP contribution in [0.5, 0.6) is 0 Å². The van der Waals surface area contributed by atoms with E-state index in [4.69, 9.17) is 0 Å². The summed E-state index contributed by atoms with van der Waals surface area (Å²) in [4.78, 5) is 0.333. The summed E-state index contributed by atoms with van der Waals surface area (Å²) < 4.78 is 26.1. The Morgan fingerprint density at radius 3 is 2.20 bits per heavy atom. The van der Waals surface area contributed by atoms with Crippen LogP contribution in [0.2, 0.25) is 0 Å². The van der Waals surface area contributed by atoms with Crippen LogP contribution in [0.15, 0.2) is 23.1 Å². The van der Waals surface area contributed by atoms with Crippen molar-refractivity contribution in [3.8, 4) is 0 Å². The number of benzene rings is 1. The fourth-order valence-corrected chi connectivity index (χ4v) is 2.60. The molecular weight excluding hydrogens is 210 g/mol. The highest BCUT2D eigenvalue weighted by Crippen LogP contribution is 2.14. The zero-order valence-electron chi connectivity index (χ0n) is 9.53. The fourth-order valence-electron chi connectivity index (χ4n) is 1.26. The highest BCUT2D eigenvalue weighted by atomic mass is 32.2. The topological polar surface area (TPSA) is 46.2 Å². The van der Waals surface area contributed by atoms with Gasteiger partial charge in [0.1, 0.15) is 0 Å². The summed E-state index contributed by atoms with van der Waals surface area (Å²) in [5.41, 5.74) is 2.08. The van der Waals surface area contributed by atoms with Gasteiger partial charge in [-0.2, -0.15) is 0 Å². The molecule has 0 amide bonds. The van der Waals surface area contributed by atoms with Gasteiger partial charge in [0.15, 0.2) is 0 Å². The number of sulfonamides is 1. The van der Waals surface area contributed by atoms with Crippen molar-refractivity contribution in [3.05, 3.63) is 29.3 Å². The molecule has 0 radical (unpaired) electrons. The molecule has 3 nitrogen and oxygen atoms in total. The van der Waals surface area contributed by atoms with Gasteiger partial charge in [-0.25, -0.2) is 13.1 Å². The lowest BCUT2D eigenvalue weighted by atomic mass is 10.1. The molecule has 1 rings (SSSR count). The molecule has 1 aromatic carbocycles. The third kappa shape index (κ3) is 3.04. The lowest BCUT2D eigenvalue weighted by Gasteiger charge is -2.10. The Hall–Kier alpha value is -0.870. The summed E-state index contributed by atoms with van der Waals surface area (Å²) in [5.74, 6) is 0. The molecule has 0 unspecified atom stereocenters. The quantitative estimate of drug-likeness (QED) is 0.858. The average molecular weight is 227 g/mol. The molecule has 0 saturated carbocycles. The first kappa shape index (κ1) is 12.2. The second kappa shape index (κ2) is 4.33. The predicted octanol–water partition coefficient (Wildman–Crippen LogP) is 1.99. The molecule has 0 spiro atoms. The Morgan fingerprint density at radius 2 is 1.73 bits per heavy atom. The van der Waals surface area contributed by atoms with Gasteiger partial charge in [-0.3, -0.25) is 0 Å². The first-order chi connectivity index (χ1) is 6.83. The number of hydrogen-bond acceptors (Lipinski definition) is 2. The van der Waals surface area contributed by atoms with Crippen molar-refractivity contribution >= 4 is 10.0 Å². The van der Waals surface area contributed by atoms with Crippen LogP contribution < -0.4 is 4.72 Å². The van der Waals surface area contributed by atoms with E-state index in [9.17, 15) is 8.42 Å². The molecule has 0 aliphatic rings. The second-order valence-corrected chi connectivity index (χ2v) is 5.74. The van der Waals surface area contributed by atoms with Crippen LogP contribution in [-0.2, 0) is 10.0 Å². The molecule has 15 heavy (non-hydrogen) atoms. The van der Waals surface area contributed by atoms with Gasteiger partial charge in [0.05, 0.1) is 4.90 Å². The zero-order chi connectivity index (χ0) is 11.6. The minimum atomic E-state index is -3.35. The summed E-state index contributed by atoms with van der Waals surface area (Å²) in [6.45, 7) is 7.47. The molecule has 4 heteroatoms. The maximum Gasteiger partial charge on any atom is 0.240 e. The molecule has 0 atom stereocenters. The lowest BCUT2D eigenvalue weighted by Crippen LogP contribution is -2.30. The molecular formula is C11H17NO2S. The number of hydrogen-bond donors (Lipinski definition) is 1. The van der Waals surface area contributed by atoms with Crippen molar-refractivity contribution in [1.82, 2.24) is 4.72 Å². The Morgan fingerprint density at radius 1 is 1.13 bits per heavy atom. The van der Waals surface area contributed by atoms with Crippen molar-refractivity contribution in [2.24, 2.45) is 0 Å². The van der Waals surface area contributed by atoms with Gasteiger partial charge in [0.25, 0.3) is 0 Å². The molecule has 0 aromatic heterocycles. The van der Waals surface area contributed by atoms with Crippen LogP contribution >= 0.6 is 0 Å². The van der Waals surface area contributed by atoms with Crippen LogP contribution in [0.3, 0.4) is 0 Å². The van der Waals surface area contributed by atoms with E-state index < -0.39 is 10.0 Å². The number of aryl methyl sites for hydroxylation is 2. The van der Waals surface area contributed by atoms with Crippen molar-refractivity contribution in [2.45, 2.75) is 38.6 Å². The molecule has 0 saturated heterocycles. The van der Waals surface area contributed by atoms with Gasteiger partial charge in [0, 0.05) is 6.04 Å². The molecule has 0 aliphatic carbocycles. The fraction of sp³-hybridized carbons (Fsp3) is 0.455. The van der Waals surface area contributed by atoms with Crippen LogP contribution in [-0.4, -0.2) is 14.5 Å². The average Bonchev–Trinajstić information content (AvgIpc) is 2.07. The molecule has 1 N–H and O–H groups in total. The van der Waals surface area contributed by atoms with Crippen LogP contribution in [0.1, 0.15) is 25.0 Å². The molecule has 0 bridgehead atoms. The van der Waals surface area contributed by atoms with E-state index in [-0.39, 0.29) is 6.04 Å². The third-order valence-corrected chi connectivity index (χ3v) is 3.84. The summed E-state index contributed by atoms with van der Waals surface area (Å²) in [7, 11) is -3.35. The normalized spacial score (nSPS) is 12.1. The Labute approximate surface area is 91.6 Å². The summed E-state index contributed by atoms with van der Waals surface area (Å²) in [5, 5.41) is 0. The van der Waals surface area contributed by atoms with Gasteiger partial charge in [-0.1, -0.05) is 6.07 Å². The minimum absolute atomic E-state index is 0.0865. The maximum absolute atomic E-state index is 11.8. The van der Waals surface area contributed by atoms with E-state index in [0.29, 0.717) is 4.90 Å². The SMILES string of the molecule is Cc1ccc(S(=O)(=O)NC(C)C)cc1C. The highest BCUT2D eigenvalue weighted by molar-refractivity contribution is 7.89. The van der Waals surface area contributed by atoms with E-state index in [0.717, 1.165) is 11.1 Å². The van der Waals surface area contributed by atoms with E-state index in [2.05, 4.69) is 4.72 Å². The van der Waals surface area contributed by atoms with Crippen molar-refractivity contribution in [2.75, 3.05) is 0 Å². The molecule has 0 aliphatic heterocycles. The monoisotopic (exact) mass is 227 g/mol. The Balaban J connectivity index is 3.11. The van der Waals surface area contributed by atoms with E-state index in [1.165, 1.54) is 0 Å². The van der Waals surface area contributed by atoms with Gasteiger partial charge in [-0.05, 0) is 51.0 Å². The predicted molar refractivity (Wildman–Crippen MR) is 61.4 cm³/mol. The molecule has 0 fully saturated rings. The van der Waals surface area contributed by atoms with Gasteiger partial charge in [0.2, 0.25) is 10.0 Å².